The number of hydrogen-bond acceptors (Lipinski definition) is 4. The molecular formula is C21H27ClN4. The van der Waals surface area contributed by atoms with Crippen molar-refractivity contribution in [2.75, 3.05) is 31.5 Å². The van der Waals surface area contributed by atoms with Gasteiger partial charge in [0.15, 0.2) is 0 Å². The second-order valence-corrected chi connectivity index (χ2v) is 6.97. The van der Waals surface area contributed by atoms with Crippen LogP contribution in [0.1, 0.15) is 37.9 Å². The van der Waals surface area contributed by atoms with Crippen molar-refractivity contribution in [2.45, 2.75) is 33.1 Å². The number of nitrogens with zero attached hydrogens (tertiary/aromatic N) is 3. The maximum atomic E-state index is 5.95. The Morgan fingerprint density at radius 3 is 2.58 bits per heavy atom. The standard InChI is InChI=1S/C21H27ClN4/c1-3-26(4-2)15-14-23-19-6-5-7-20-18(19)12-13-21(25-20)24-17-10-8-16(22)9-11-17/h8-13H,3-7,14-15H2,1-2H3,(H,24,25). The zero-order chi connectivity index (χ0) is 18.4. The first kappa shape index (κ1) is 18.9. The predicted octanol–water partition coefficient (Wildman–Crippen LogP) is 4.95. The van der Waals surface area contributed by atoms with E-state index >= 15 is 0 Å². The summed E-state index contributed by atoms with van der Waals surface area (Å²) < 4.78 is 0. The average Bonchev–Trinajstić information content (AvgIpc) is 2.67. The number of anilines is 2. The Bertz CT molecular complexity index is 751. The number of likely N-dealkylation sites (N-methyl/N-ethyl adjacent to an activating group) is 1. The quantitative estimate of drug-likeness (QED) is 0.749. The largest absolute Gasteiger partial charge is 0.340 e. The Balaban J connectivity index is 1.71. The van der Waals surface area contributed by atoms with Crippen molar-refractivity contribution in [1.82, 2.24) is 9.88 Å². The maximum Gasteiger partial charge on any atom is 0.130 e. The Hall–Kier alpha value is -1.91. The molecule has 0 bridgehead atoms. The minimum absolute atomic E-state index is 0.736. The van der Waals surface area contributed by atoms with E-state index in [0.29, 0.717) is 0 Å². The van der Waals surface area contributed by atoms with E-state index < -0.39 is 0 Å². The molecule has 138 valence electrons. The summed E-state index contributed by atoms with van der Waals surface area (Å²) in [5.41, 5.74) is 4.57. The van der Waals surface area contributed by atoms with Gasteiger partial charge in [-0.1, -0.05) is 25.4 Å². The highest BCUT2D eigenvalue weighted by molar-refractivity contribution is 6.30. The van der Waals surface area contributed by atoms with E-state index in [1.54, 1.807) is 0 Å². The minimum atomic E-state index is 0.736. The summed E-state index contributed by atoms with van der Waals surface area (Å²) >= 11 is 5.95. The second kappa shape index (κ2) is 9.15. The molecule has 0 unspecified atom stereocenters. The molecule has 0 saturated heterocycles. The molecule has 1 aliphatic rings. The molecule has 26 heavy (non-hydrogen) atoms. The number of aryl methyl sites for hydroxylation is 1. The van der Waals surface area contributed by atoms with Gasteiger partial charge in [0.25, 0.3) is 0 Å². The van der Waals surface area contributed by atoms with Crippen molar-refractivity contribution in [3.05, 3.63) is 52.7 Å². The summed E-state index contributed by atoms with van der Waals surface area (Å²) in [6.45, 7) is 8.45. The van der Waals surface area contributed by atoms with Gasteiger partial charge in [-0.25, -0.2) is 4.98 Å². The molecule has 3 rings (SSSR count). The van der Waals surface area contributed by atoms with Gasteiger partial charge >= 0.3 is 0 Å². The fourth-order valence-corrected chi connectivity index (χ4v) is 3.42. The fraction of sp³-hybridized carbons (Fsp3) is 0.429. The average molecular weight is 371 g/mol. The monoisotopic (exact) mass is 370 g/mol. The number of nitrogens with one attached hydrogen (secondary N) is 1. The van der Waals surface area contributed by atoms with E-state index in [-0.39, 0.29) is 0 Å². The smallest absolute Gasteiger partial charge is 0.130 e. The molecule has 1 aromatic carbocycles. The van der Waals surface area contributed by atoms with Gasteiger partial charge in [0.2, 0.25) is 0 Å². The lowest BCUT2D eigenvalue weighted by molar-refractivity contribution is 0.313. The number of fused-ring (bicyclic) bond motifs is 1. The molecule has 0 fully saturated rings. The first-order chi connectivity index (χ1) is 12.7. The zero-order valence-corrected chi connectivity index (χ0v) is 16.4. The first-order valence-corrected chi connectivity index (χ1v) is 9.86. The first-order valence-electron chi connectivity index (χ1n) is 9.48. The number of pyridine rings is 1. The van der Waals surface area contributed by atoms with Crippen LogP contribution in [-0.2, 0) is 6.42 Å². The van der Waals surface area contributed by atoms with Crippen molar-refractivity contribution >= 4 is 28.8 Å². The summed E-state index contributed by atoms with van der Waals surface area (Å²) in [6.07, 6.45) is 3.19. The molecule has 5 heteroatoms. The van der Waals surface area contributed by atoms with Crippen molar-refractivity contribution in [1.29, 1.82) is 0 Å². The fourth-order valence-electron chi connectivity index (χ4n) is 3.29. The van der Waals surface area contributed by atoms with Crippen LogP contribution in [0, 0.1) is 0 Å². The van der Waals surface area contributed by atoms with E-state index in [0.717, 1.165) is 67.7 Å². The van der Waals surface area contributed by atoms with E-state index in [1.807, 2.05) is 30.3 Å². The molecule has 1 aliphatic carbocycles. The van der Waals surface area contributed by atoms with Crippen molar-refractivity contribution in [2.24, 2.45) is 4.99 Å². The Morgan fingerprint density at radius 2 is 1.85 bits per heavy atom. The van der Waals surface area contributed by atoms with Crippen LogP contribution in [0.5, 0.6) is 0 Å². The summed E-state index contributed by atoms with van der Waals surface area (Å²) in [6, 6.07) is 11.9. The van der Waals surface area contributed by atoms with Gasteiger partial charge in [0.1, 0.15) is 5.82 Å². The van der Waals surface area contributed by atoms with Gasteiger partial charge in [-0.15, -0.1) is 0 Å². The molecule has 1 N–H and O–H groups in total. The number of aromatic nitrogens is 1. The molecule has 4 nitrogen and oxygen atoms in total. The van der Waals surface area contributed by atoms with Crippen LogP contribution >= 0.6 is 11.6 Å². The predicted molar refractivity (Wildman–Crippen MR) is 111 cm³/mol. The highest BCUT2D eigenvalue weighted by Gasteiger charge is 2.17. The van der Waals surface area contributed by atoms with Crippen LogP contribution in [0.4, 0.5) is 11.5 Å². The number of rotatable bonds is 7. The minimum Gasteiger partial charge on any atom is -0.340 e. The molecule has 0 atom stereocenters. The van der Waals surface area contributed by atoms with Crippen LogP contribution in [0.2, 0.25) is 5.02 Å². The Labute approximate surface area is 161 Å². The van der Waals surface area contributed by atoms with Crippen LogP contribution in [0.25, 0.3) is 0 Å². The second-order valence-electron chi connectivity index (χ2n) is 6.53. The number of halogens is 1. The van der Waals surface area contributed by atoms with Crippen molar-refractivity contribution in [3.63, 3.8) is 0 Å². The number of benzene rings is 1. The van der Waals surface area contributed by atoms with Crippen molar-refractivity contribution in [3.8, 4) is 0 Å². The van der Waals surface area contributed by atoms with Gasteiger partial charge < -0.3 is 10.2 Å². The van der Waals surface area contributed by atoms with E-state index in [9.17, 15) is 0 Å². The summed E-state index contributed by atoms with van der Waals surface area (Å²) in [5.74, 6) is 0.871. The molecule has 0 spiro atoms. The van der Waals surface area contributed by atoms with Crippen LogP contribution in [-0.4, -0.2) is 41.8 Å². The molecule has 1 heterocycles. The van der Waals surface area contributed by atoms with Gasteiger partial charge in [-0.2, -0.15) is 0 Å². The Kier molecular flexibility index (Phi) is 6.64. The highest BCUT2D eigenvalue weighted by Crippen LogP contribution is 2.24. The zero-order valence-electron chi connectivity index (χ0n) is 15.6. The molecule has 1 aromatic heterocycles. The number of hydrogen-bond donors (Lipinski definition) is 1. The lowest BCUT2D eigenvalue weighted by Crippen LogP contribution is -2.26. The summed E-state index contributed by atoms with van der Waals surface area (Å²) in [4.78, 5) is 12.1. The lowest BCUT2D eigenvalue weighted by Gasteiger charge is -2.20. The molecular weight excluding hydrogens is 344 g/mol. The lowest BCUT2D eigenvalue weighted by atomic mass is 9.94. The Morgan fingerprint density at radius 1 is 1.08 bits per heavy atom. The summed E-state index contributed by atoms with van der Waals surface area (Å²) in [5, 5.41) is 4.09. The molecule has 0 aliphatic heterocycles. The van der Waals surface area contributed by atoms with Gasteiger partial charge in [-0.3, -0.25) is 4.99 Å². The van der Waals surface area contributed by atoms with Gasteiger partial charge in [-0.05, 0) is 68.8 Å². The molecule has 2 aromatic rings. The highest BCUT2D eigenvalue weighted by atomic mass is 35.5. The normalized spacial score (nSPS) is 15.3. The third-order valence-corrected chi connectivity index (χ3v) is 5.09. The molecule has 0 amide bonds. The van der Waals surface area contributed by atoms with Crippen LogP contribution in [0.3, 0.4) is 0 Å². The third kappa shape index (κ3) is 4.83. The van der Waals surface area contributed by atoms with E-state index in [2.05, 4.69) is 30.1 Å². The van der Waals surface area contributed by atoms with Gasteiger partial charge in [0, 0.05) is 28.5 Å². The van der Waals surface area contributed by atoms with Crippen LogP contribution < -0.4 is 5.32 Å². The van der Waals surface area contributed by atoms with Crippen molar-refractivity contribution < 1.29 is 0 Å². The summed E-state index contributed by atoms with van der Waals surface area (Å²) in [7, 11) is 0. The van der Waals surface area contributed by atoms with E-state index in [4.69, 9.17) is 21.6 Å². The maximum absolute atomic E-state index is 5.95. The van der Waals surface area contributed by atoms with E-state index in [1.165, 1.54) is 11.3 Å². The number of aliphatic imine (C=N–C) groups is 1. The topological polar surface area (TPSA) is 40.5 Å². The van der Waals surface area contributed by atoms with Gasteiger partial charge in [0.05, 0.1) is 12.2 Å². The molecule has 0 saturated carbocycles. The molecule has 0 radical (unpaired) electrons. The SMILES string of the molecule is CCN(CC)CCN=C1CCCc2nc(Nc3ccc(Cl)cc3)ccc21. The third-order valence-electron chi connectivity index (χ3n) is 4.84. The van der Waals surface area contributed by atoms with Crippen LogP contribution in [0.15, 0.2) is 41.4 Å².